The fourth-order valence-electron chi connectivity index (χ4n) is 6.51. The number of nitrogens with zero attached hydrogens (tertiary/aromatic N) is 2. The maximum absolute atomic E-state index is 13.1. The minimum absolute atomic E-state index is 0.0941. The molecule has 2 N–H and O–H groups in total. The van der Waals surface area contributed by atoms with Gasteiger partial charge in [0.05, 0.1) is 0 Å². The maximum Gasteiger partial charge on any atom is 0.255 e. The second-order valence-corrected chi connectivity index (χ2v) is 11.1. The molecule has 0 aromatic heterocycles. The first-order valence-electron chi connectivity index (χ1n) is 13.3. The predicted octanol–water partition coefficient (Wildman–Crippen LogP) is 3.84. The van der Waals surface area contributed by atoms with Gasteiger partial charge in [-0.1, -0.05) is 12.8 Å². The summed E-state index contributed by atoms with van der Waals surface area (Å²) in [6, 6.07) is 4.75. The fourth-order valence-corrected chi connectivity index (χ4v) is 6.51. The van der Waals surface area contributed by atoms with Gasteiger partial charge in [0.2, 0.25) is 17.7 Å². The number of likely N-dealkylation sites (tertiary alicyclic amines) is 1. The summed E-state index contributed by atoms with van der Waals surface area (Å²) in [5.74, 6) is -1.91. The van der Waals surface area contributed by atoms with Gasteiger partial charge in [0.1, 0.15) is 11.8 Å². The molecule has 1 atom stereocenters. The van der Waals surface area contributed by atoms with E-state index >= 15 is 0 Å². The van der Waals surface area contributed by atoms with Gasteiger partial charge in [-0.25, -0.2) is 8.78 Å². The minimum atomic E-state index is -2.36. The number of aromatic hydroxyl groups is 1. The van der Waals surface area contributed by atoms with Crippen LogP contribution in [0.25, 0.3) is 0 Å². The van der Waals surface area contributed by atoms with Crippen molar-refractivity contribution >= 4 is 17.7 Å². The SMILES string of the molecule is FC1(F)CCC(C2CN(C3CCCC3)C2)CC1.O=C1CCC(N2Cc3cc(O)ccc3C2=O)C(=O)N1. The number of imide groups is 1. The molecule has 5 aliphatic rings. The number of piperidine rings is 1. The van der Waals surface area contributed by atoms with E-state index in [0.717, 1.165) is 24.8 Å². The van der Waals surface area contributed by atoms with E-state index in [-0.39, 0.29) is 43.4 Å². The number of halogens is 2. The molecule has 0 radical (unpaired) electrons. The van der Waals surface area contributed by atoms with Gasteiger partial charge in [0, 0.05) is 50.5 Å². The van der Waals surface area contributed by atoms with Crippen molar-refractivity contribution in [2.75, 3.05) is 13.1 Å². The van der Waals surface area contributed by atoms with Gasteiger partial charge >= 0.3 is 0 Å². The van der Waals surface area contributed by atoms with Crippen LogP contribution in [-0.2, 0) is 16.1 Å². The Morgan fingerprint density at radius 1 is 0.944 bits per heavy atom. The highest BCUT2D eigenvalue weighted by Crippen LogP contribution is 2.43. The third-order valence-electron chi connectivity index (χ3n) is 8.71. The van der Waals surface area contributed by atoms with Crippen LogP contribution in [0.3, 0.4) is 0 Å². The van der Waals surface area contributed by atoms with Crippen molar-refractivity contribution < 1.29 is 28.3 Å². The molecule has 1 aromatic rings. The highest BCUT2D eigenvalue weighted by atomic mass is 19.3. The van der Waals surface area contributed by atoms with Crippen molar-refractivity contribution in [3.8, 4) is 5.75 Å². The lowest BCUT2D eigenvalue weighted by Gasteiger charge is -2.48. The summed E-state index contributed by atoms with van der Waals surface area (Å²) in [5, 5.41) is 11.7. The third-order valence-corrected chi connectivity index (χ3v) is 8.71. The van der Waals surface area contributed by atoms with Gasteiger partial charge in [-0.05, 0) is 67.7 Å². The topological polar surface area (TPSA) is 90.0 Å². The van der Waals surface area contributed by atoms with Crippen molar-refractivity contribution in [2.24, 2.45) is 11.8 Å². The van der Waals surface area contributed by atoms with Gasteiger partial charge in [-0.3, -0.25) is 24.6 Å². The van der Waals surface area contributed by atoms with Crippen LogP contribution >= 0.6 is 0 Å². The Kier molecular flexibility index (Phi) is 7.03. The van der Waals surface area contributed by atoms with Gasteiger partial charge in [-0.15, -0.1) is 0 Å². The molecule has 0 bridgehead atoms. The Hall–Kier alpha value is -2.55. The number of amides is 3. The summed E-state index contributed by atoms with van der Waals surface area (Å²) in [5.41, 5.74) is 1.21. The molecule has 3 amide bonds. The molecule has 36 heavy (non-hydrogen) atoms. The van der Waals surface area contributed by atoms with E-state index in [1.165, 1.54) is 55.8 Å². The van der Waals surface area contributed by atoms with Crippen molar-refractivity contribution in [1.82, 2.24) is 15.1 Å². The summed E-state index contributed by atoms with van der Waals surface area (Å²) < 4.78 is 26.2. The van der Waals surface area contributed by atoms with Crippen LogP contribution in [0.5, 0.6) is 5.75 Å². The van der Waals surface area contributed by atoms with Gasteiger partial charge in [0.25, 0.3) is 5.91 Å². The molecule has 2 aliphatic carbocycles. The van der Waals surface area contributed by atoms with E-state index in [2.05, 4.69) is 10.2 Å². The lowest BCUT2D eigenvalue weighted by Crippen LogP contribution is -2.54. The zero-order valence-electron chi connectivity index (χ0n) is 20.6. The summed E-state index contributed by atoms with van der Waals surface area (Å²) in [6.45, 7) is 2.68. The molecule has 4 fully saturated rings. The number of nitrogens with one attached hydrogen (secondary N) is 1. The molecule has 6 rings (SSSR count). The summed E-state index contributed by atoms with van der Waals surface area (Å²) in [7, 11) is 0. The molecular weight excluding hydrogens is 468 g/mol. The molecule has 1 aromatic carbocycles. The molecule has 196 valence electrons. The number of phenolic OH excluding ortho intramolecular Hbond substituents is 1. The number of phenols is 1. The first-order chi connectivity index (χ1) is 17.2. The smallest absolute Gasteiger partial charge is 0.255 e. The molecule has 1 unspecified atom stereocenters. The normalized spacial score (nSPS) is 27.3. The van der Waals surface area contributed by atoms with E-state index in [1.54, 1.807) is 6.07 Å². The highest BCUT2D eigenvalue weighted by molar-refractivity contribution is 6.05. The maximum atomic E-state index is 13.1. The molecular formula is C27H35F2N3O4. The number of rotatable bonds is 3. The van der Waals surface area contributed by atoms with Crippen LogP contribution < -0.4 is 5.32 Å². The lowest BCUT2D eigenvalue weighted by molar-refractivity contribution is -0.136. The first-order valence-corrected chi connectivity index (χ1v) is 13.3. The van der Waals surface area contributed by atoms with Crippen LogP contribution in [0, 0.1) is 11.8 Å². The average molecular weight is 504 g/mol. The van der Waals surface area contributed by atoms with Crippen LogP contribution in [0.1, 0.15) is 80.1 Å². The second kappa shape index (κ2) is 10.1. The van der Waals surface area contributed by atoms with E-state index < -0.39 is 17.9 Å². The van der Waals surface area contributed by atoms with Crippen LogP contribution in [0.15, 0.2) is 18.2 Å². The van der Waals surface area contributed by atoms with Crippen LogP contribution in [0.2, 0.25) is 0 Å². The Labute approximate surface area is 210 Å². The third kappa shape index (κ3) is 5.26. The van der Waals surface area contributed by atoms with E-state index in [9.17, 15) is 28.3 Å². The number of hydrogen-bond donors (Lipinski definition) is 2. The number of carbonyl (C=O) groups is 3. The zero-order valence-corrected chi connectivity index (χ0v) is 20.6. The fraction of sp³-hybridized carbons (Fsp3) is 0.667. The summed E-state index contributed by atoms with van der Waals surface area (Å²) in [4.78, 5) is 39.2. The molecule has 0 spiro atoms. The van der Waals surface area contributed by atoms with E-state index in [0.29, 0.717) is 23.5 Å². The van der Waals surface area contributed by atoms with Crippen molar-refractivity contribution in [3.05, 3.63) is 29.3 Å². The summed E-state index contributed by atoms with van der Waals surface area (Å²) in [6.07, 6.45) is 7.90. The molecule has 2 saturated carbocycles. The number of alkyl halides is 2. The largest absolute Gasteiger partial charge is 0.508 e. The number of benzene rings is 1. The monoisotopic (exact) mass is 503 g/mol. The quantitative estimate of drug-likeness (QED) is 0.612. The van der Waals surface area contributed by atoms with Crippen molar-refractivity contribution in [3.63, 3.8) is 0 Å². The average Bonchev–Trinajstić information content (AvgIpc) is 3.43. The second-order valence-electron chi connectivity index (χ2n) is 11.1. The molecule has 9 heteroatoms. The number of hydrogen-bond acceptors (Lipinski definition) is 5. The van der Waals surface area contributed by atoms with Crippen LogP contribution in [0.4, 0.5) is 8.78 Å². The van der Waals surface area contributed by atoms with Gasteiger partial charge in [0.15, 0.2) is 0 Å². The first kappa shape index (κ1) is 25.1. The van der Waals surface area contributed by atoms with Gasteiger partial charge < -0.3 is 10.0 Å². The van der Waals surface area contributed by atoms with Crippen LogP contribution in [-0.4, -0.2) is 63.7 Å². The van der Waals surface area contributed by atoms with E-state index in [1.807, 2.05) is 0 Å². The van der Waals surface area contributed by atoms with Crippen molar-refractivity contribution in [2.45, 2.75) is 88.8 Å². The standard InChI is InChI=1S/C14H23F2N.C13H12N2O4/c15-14(16)7-5-11(6-8-14)12-9-17(10-12)13-3-1-2-4-13;16-8-1-2-9-7(5-8)6-15(13(9)19)10-3-4-11(17)14-12(10)18/h11-13H,1-10H2;1-2,5,10,16H,3-4,6H2,(H,14,17,18). The van der Waals surface area contributed by atoms with E-state index in [4.69, 9.17) is 0 Å². The molecule has 2 saturated heterocycles. The Balaban J connectivity index is 0.000000149. The molecule has 3 heterocycles. The lowest BCUT2D eigenvalue weighted by atomic mass is 9.75. The van der Waals surface area contributed by atoms with Crippen molar-refractivity contribution in [1.29, 1.82) is 0 Å². The Bertz CT molecular complexity index is 1010. The minimum Gasteiger partial charge on any atom is -0.508 e. The predicted molar refractivity (Wildman–Crippen MR) is 128 cm³/mol. The highest BCUT2D eigenvalue weighted by Gasteiger charge is 2.43. The number of carbonyl (C=O) groups excluding carboxylic acids is 3. The Morgan fingerprint density at radius 3 is 2.31 bits per heavy atom. The molecule has 7 nitrogen and oxygen atoms in total. The number of fused-ring (bicyclic) bond motifs is 1. The summed E-state index contributed by atoms with van der Waals surface area (Å²) >= 11 is 0. The van der Waals surface area contributed by atoms with Gasteiger partial charge in [-0.2, -0.15) is 0 Å². The molecule has 3 aliphatic heterocycles. The Morgan fingerprint density at radius 2 is 1.64 bits per heavy atom. The zero-order chi connectivity index (χ0) is 25.4.